The van der Waals surface area contributed by atoms with Gasteiger partial charge in [0, 0.05) is 27.2 Å². The van der Waals surface area contributed by atoms with Gasteiger partial charge in [-0.1, -0.05) is 0 Å². The van der Waals surface area contributed by atoms with E-state index in [1.807, 2.05) is 36.0 Å². The second-order valence-electron chi connectivity index (χ2n) is 7.39. The van der Waals surface area contributed by atoms with Crippen LogP contribution in [0.1, 0.15) is 11.1 Å². The smallest absolute Gasteiger partial charge is 0.242 e. The van der Waals surface area contributed by atoms with Gasteiger partial charge < -0.3 is 29.6 Å². The molecule has 1 amide bonds. The van der Waals surface area contributed by atoms with E-state index in [0.717, 1.165) is 12.0 Å². The predicted molar refractivity (Wildman–Crippen MR) is 113 cm³/mol. The van der Waals surface area contributed by atoms with E-state index in [1.165, 1.54) is 5.56 Å². The molecular formula is C20H25N7O3. The Kier molecular flexibility index (Phi) is 5.06. The Morgan fingerprint density at radius 1 is 1.17 bits per heavy atom. The van der Waals surface area contributed by atoms with E-state index in [-0.39, 0.29) is 18.4 Å². The lowest BCUT2D eigenvalue weighted by Crippen LogP contribution is -2.38. The molecule has 0 unspecified atom stereocenters. The van der Waals surface area contributed by atoms with Crippen LogP contribution in [-0.2, 0) is 24.3 Å². The van der Waals surface area contributed by atoms with Crippen molar-refractivity contribution in [2.75, 3.05) is 45.5 Å². The van der Waals surface area contributed by atoms with E-state index in [9.17, 15) is 4.79 Å². The van der Waals surface area contributed by atoms with E-state index in [0.29, 0.717) is 41.6 Å². The van der Waals surface area contributed by atoms with E-state index >= 15 is 0 Å². The molecule has 1 aliphatic rings. The predicted octanol–water partition coefficient (Wildman–Crippen LogP) is 1.08. The number of nitrogens with zero attached hydrogens (tertiary/aromatic N) is 6. The number of fused-ring (bicyclic) bond motifs is 2. The number of carbonyl (C=O) groups excluding carboxylic acids is 1. The van der Waals surface area contributed by atoms with Crippen LogP contribution in [0.3, 0.4) is 0 Å². The average Bonchev–Trinajstić information content (AvgIpc) is 3.13. The fourth-order valence-electron chi connectivity index (χ4n) is 3.72. The zero-order chi connectivity index (χ0) is 21.4. The highest BCUT2D eigenvalue weighted by atomic mass is 16.5. The molecule has 0 radical (unpaired) electrons. The first-order chi connectivity index (χ1) is 14.4. The summed E-state index contributed by atoms with van der Waals surface area (Å²) in [7, 11) is 6.95. The number of ether oxygens (including phenoxy) is 2. The van der Waals surface area contributed by atoms with E-state index in [1.54, 1.807) is 25.1 Å². The number of aromatic nitrogens is 4. The van der Waals surface area contributed by atoms with Crippen molar-refractivity contribution in [1.29, 1.82) is 0 Å². The van der Waals surface area contributed by atoms with Crippen LogP contribution in [0, 0.1) is 0 Å². The largest absolute Gasteiger partial charge is 0.493 e. The Hall–Kier alpha value is -3.56. The van der Waals surface area contributed by atoms with Crippen molar-refractivity contribution in [3.05, 3.63) is 29.6 Å². The zero-order valence-corrected chi connectivity index (χ0v) is 17.5. The maximum Gasteiger partial charge on any atom is 0.242 e. The molecule has 30 heavy (non-hydrogen) atoms. The highest BCUT2D eigenvalue weighted by Crippen LogP contribution is 2.33. The summed E-state index contributed by atoms with van der Waals surface area (Å²) in [6.45, 7) is 1.28. The fraction of sp³-hybridized carbons (Fsp3) is 0.400. The van der Waals surface area contributed by atoms with Gasteiger partial charge in [-0.3, -0.25) is 4.79 Å². The molecule has 0 saturated carbocycles. The molecule has 0 spiro atoms. The standard InChI is InChI=1S/C20H25N7O3/c1-25(2)18-17-19(24-20(21)23-18)27(11-22-17)10-16(28)26-6-5-12-7-14(29-3)15(30-4)8-13(12)9-26/h7-8,11H,5-6,9-10H2,1-4H3,(H2,21,23,24). The first-order valence-corrected chi connectivity index (χ1v) is 9.58. The Morgan fingerprint density at radius 3 is 2.53 bits per heavy atom. The second-order valence-corrected chi connectivity index (χ2v) is 7.39. The van der Waals surface area contributed by atoms with Gasteiger partial charge in [0.1, 0.15) is 6.54 Å². The zero-order valence-electron chi connectivity index (χ0n) is 17.5. The number of benzene rings is 1. The molecule has 0 bridgehead atoms. The van der Waals surface area contributed by atoms with Crippen LogP contribution in [0.5, 0.6) is 11.5 Å². The molecule has 158 valence electrons. The maximum absolute atomic E-state index is 13.0. The molecule has 2 N–H and O–H groups in total. The Labute approximate surface area is 174 Å². The quantitative estimate of drug-likeness (QED) is 0.664. The minimum atomic E-state index is -0.0154. The van der Waals surface area contributed by atoms with Crippen LogP contribution < -0.4 is 20.1 Å². The average molecular weight is 411 g/mol. The molecular weight excluding hydrogens is 386 g/mol. The summed E-state index contributed by atoms with van der Waals surface area (Å²) in [5, 5.41) is 0. The first kappa shape index (κ1) is 19.7. The Bertz CT molecular complexity index is 1110. The van der Waals surface area contributed by atoms with Gasteiger partial charge in [0.25, 0.3) is 0 Å². The van der Waals surface area contributed by atoms with Crippen LogP contribution in [0.4, 0.5) is 11.8 Å². The molecule has 0 fully saturated rings. The minimum Gasteiger partial charge on any atom is -0.493 e. The van der Waals surface area contributed by atoms with Gasteiger partial charge in [-0.05, 0) is 29.7 Å². The minimum absolute atomic E-state index is 0.0154. The van der Waals surface area contributed by atoms with Crippen LogP contribution in [0.2, 0.25) is 0 Å². The molecule has 0 saturated heterocycles. The van der Waals surface area contributed by atoms with E-state index < -0.39 is 0 Å². The van der Waals surface area contributed by atoms with Gasteiger partial charge >= 0.3 is 0 Å². The normalized spacial score (nSPS) is 13.3. The summed E-state index contributed by atoms with van der Waals surface area (Å²) in [6, 6.07) is 3.93. The van der Waals surface area contributed by atoms with Gasteiger partial charge in [0.05, 0.1) is 20.5 Å². The number of nitrogen functional groups attached to an aromatic ring is 1. The second kappa shape index (κ2) is 7.69. The molecule has 3 heterocycles. The van der Waals surface area contributed by atoms with Crippen LogP contribution in [-0.4, -0.2) is 65.2 Å². The van der Waals surface area contributed by atoms with Gasteiger partial charge in [-0.25, -0.2) is 4.98 Å². The summed E-state index contributed by atoms with van der Waals surface area (Å²) >= 11 is 0. The van der Waals surface area contributed by atoms with Crippen LogP contribution in [0.25, 0.3) is 11.2 Å². The number of rotatable bonds is 5. The third-order valence-corrected chi connectivity index (χ3v) is 5.26. The molecule has 4 rings (SSSR count). The van der Waals surface area contributed by atoms with Crippen molar-refractivity contribution in [3.8, 4) is 11.5 Å². The number of hydrogen-bond acceptors (Lipinski definition) is 8. The van der Waals surface area contributed by atoms with Crippen molar-refractivity contribution in [3.63, 3.8) is 0 Å². The lowest BCUT2D eigenvalue weighted by Gasteiger charge is -2.29. The number of anilines is 2. The number of carbonyl (C=O) groups is 1. The van der Waals surface area contributed by atoms with Crippen molar-refractivity contribution >= 4 is 28.8 Å². The lowest BCUT2D eigenvalue weighted by atomic mass is 9.98. The summed E-state index contributed by atoms with van der Waals surface area (Å²) in [4.78, 5) is 29.6. The summed E-state index contributed by atoms with van der Waals surface area (Å²) in [5.41, 5.74) is 9.25. The van der Waals surface area contributed by atoms with Crippen LogP contribution >= 0.6 is 0 Å². The van der Waals surface area contributed by atoms with Gasteiger partial charge in [0.15, 0.2) is 28.5 Å². The van der Waals surface area contributed by atoms with Crippen molar-refractivity contribution < 1.29 is 14.3 Å². The number of nitrogens with two attached hydrogens (primary N) is 1. The topological polar surface area (TPSA) is 112 Å². The first-order valence-electron chi connectivity index (χ1n) is 9.58. The van der Waals surface area contributed by atoms with E-state index in [4.69, 9.17) is 15.2 Å². The van der Waals surface area contributed by atoms with Crippen molar-refractivity contribution in [2.45, 2.75) is 19.5 Å². The van der Waals surface area contributed by atoms with Gasteiger partial charge in [-0.15, -0.1) is 0 Å². The highest BCUT2D eigenvalue weighted by Gasteiger charge is 2.24. The van der Waals surface area contributed by atoms with Crippen molar-refractivity contribution in [1.82, 2.24) is 24.4 Å². The fourth-order valence-corrected chi connectivity index (χ4v) is 3.72. The molecule has 1 aliphatic heterocycles. The van der Waals surface area contributed by atoms with Gasteiger partial charge in [-0.2, -0.15) is 9.97 Å². The number of imidazole rings is 1. The Morgan fingerprint density at radius 2 is 1.87 bits per heavy atom. The highest BCUT2D eigenvalue weighted by molar-refractivity contribution is 5.86. The lowest BCUT2D eigenvalue weighted by molar-refractivity contribution is -0.132. The third-order valence-electron chi connectivity index (χ3n) is 5.26. The molecule has 3 aromatic rings. The number of methoxy groups -OCH3 is 2. The molecule has 0 atom stereocenters. The molecule has 10 nitrogen and oxygen atoms in total. The molecule has 1 aromatic carbocycles. The van der Waals surface area contributed by atoms with Gasteiger partial charge in [0.2, 0.25) is 11.9 Å². The number of hydrogen-bond donors (Lipinski definition) is 1. The Balaban J connectivity index is 1.57. The molecule has 10 heteroatoms. The summed E-state index contributed by atoms with van der Waals surface area (Å²) in [5.74, 6) is 2.12. The molecule has 0 aliphatic carbocycles. The summed E-state index contributed by atoms with van der Waals surface area (Å²) < 4.78 is 12.5. The number of amides is 1. The van der Waals surface area contributed by atoms with Crippen LogP contribution in [0.15, 0.2) is 18.5 Å². The summed E-state index contributed by atoms with van der Waals surface area (Å²) in [6.07, 6.45) is 2.36. The maximum atomic E-state index is 13.0. The third kappa shape index (κ3) is 3.44. The molecule has 2 aromatic heterocycles. The van der Waals surface area contributed by atoms with Crippen molar-refractivity contribution in [2.24, 2.45) is 0 Å². The monoisotopic (exact) mass is 411 g/mol. The SMILES string of the molecule is COc1cc2c(cc1OC)CN(C(=O)Cn1cnc3c(N(C)C)nc(N)nc31)CC2. The van der Waals surface area contributed by atoms with E-state index in [2.05, 4.69) is 15.0 Å².